The number of aryl methyl sites for hydroxylation is 1. The molecule has 90 valence electrons. The second-order valence-corrected chi connectivity index (χ2v) is 5.74. The Bertz CT molecular complexity index is 448. The van der Waals surface area contributed by atoms with Crippen LogP contribution in [0, 0.1) is 0 Å². The fourth-order valence-electron chi connectivity index (χ4n) is 1.74. The molecule has 1 aliphatic heterocycles. The summed E-state index contributed by atoms with van der Waals surface area (Å²) in [7, 11) is -1.71. The van der Waals surface area contributed by atoms with Crippen LogP contribution in [-0.4, -0.2) is 37.1 Å². The molecular formula is C9H16N4O2S. The molecule has 6 nitrogen and oxygen atoms in total. The highest BCUT2D eigenvalue weighted by molar-refractivity contribution is 7.89. The molecule has 1 saturated heterocycles. The van der Waals surface area contributed by atoms with Gasteiger partial charge in [-0.2, -0.15) is 0 Å². The summed E-state index contributed by atoms with van der Waals surface area (Å²) >= 11 is 0. The quantitative estimate of drug-likeness (QED) is 0.745. The number of hydrogen-bond donors (Lipinski definition) is 2. The van der Waals surface area contributed by atoms with Crippen LogP contribution >= 0.6 is 0 Å². The molecule has 1 aliphatic rings. The van der Waals surface area contributed by atoms with Crippen LogP contribution in [0.25, 0.3) is 0 Å². The first-order valence-electron chi connectivity index (χ1n) is 5.29. The van der Waals surface area contributed by atoms with Crippen molar-refractivity contribution in [2.75, 3.05) is 13.1 Å². The van der Waals surface area contributed by atoms with Gasteiger partial charge in [0.05, 0.1) is 6.33 Å². The first kappa shape index (κ1) is 11.6. The Balaban J connectivity index is 1.97. The summed E-state index contributed by atoms with van der Waals surface area (Å²) in [5.41, 5.74) is 0. The largest absolute Gasteiger partial charge is 0.339 e. The lowest BCUT2D eigenvalue weighted by atomic mass is 10.2. The topological polar surface area (TPSA) is 76.0 Å². The van der Waals surface area contributed by atoms with Crippen molar-refractivity contribution in [2.24, 2.45) is 7.05 Å². The molecule has 0 radical (unpaired) electrons. The summed E-state index contributed by atoms with van der Waals surface area (Å²) in [6.07, 6.45) is 5.09. The van der Waals surface area contributed by atoms with E-state index in [-0.39, 0.29) is 11.1 Å². The van der Waals surface area contributed by atoms with Gasteiger partial charge < -0.3 is 9.88 Å². The maximum absolute atomic E-state index is 11.8. The van der Waals surface area contributed by atoms with Gasteiger partial charge >= 0.3 is 0 Å². The third kappa shape index (κ3) is 2.60. The Morgan fingerprint density at radius 1 is 1.69 bits per heavy atom. The zero-order chi connectivity index (χ0) is 11.6. The third-order valence-electron chi connectivity index (χ3n) is 2.64. The van der Waals surface area contributed by atoms with Crippen LogP contribution in [0.2, 0.25) is 0 Å². The average Bonchev–Trinajstić information content (AvgIpc) is 2.85. The van der Waals surface area contributed by atoms with Gasteiger partial charge in [-0.1, -0.05) is 0 Å². The fourth-order valence-corrected chi connectivity index (χ4v) is 2.80. The van der Waals surface area contributed by atoms with E-state index >= 15 is 0 Å². The highest BCUT2D eigenvalue weighted by Gasteiger charge is 2.20. The van der Waals surface area contributed by atoms with Crippen molar-refractivity contribution < 1.29 is 8.42 Å². The summed E-state index contributed by atoms with van der Waals surface area (Å²) in [6, 6.07) is 0.249. The Labute approximate surface area is 95.1 Å². The molecule has 1 atom stereocenters. The summed E-state index contributed by atoms with van der Waals surface area (Å²) in [6.45, 7) is 1.40. The molecule has 1 unspecified atom stereocenters. The minimum atomic E-state index is -3.45. The van der Waals surface area contributed by atoms with Crippen LogP contribution in [0.3, 0.4) is 0 Å². The van der Waals surface area contributed by atoms with E-state index in [1.807, 2.05) is 0 Å². The molecule has 0 bridgehead atoms. The standard InChI is InChI=1S/C9H16N4O2S/c1-13-6-9(11-7-13)16(14,15)12-5-8-3-2-4-10-8/h6-8,10,12H,2-5H2,1H3. The molecule has 2 heterocycles. The average molecular weight is 244 g/mol. The van der Waals surface area contributed by atoms with E-state index in [1.165, 1.54) is 12.5 Å². The maximum Gasteiger partial charge on any atom is 0.259 e. The molecule has 2 N–H and O–H groups in total. The molecule has 1 aromatic rings. The predicted molar refractivity (Wildman–Crippen MR) is 59.4 cm³/mol. The van der Waals surface area contributed by atoms with Gasteiger partial charge in [-0.05, 0) is 19.4 Å². The lowest BCUT2D eigenvalue weighted by molar-refractivity contribution is 0.549. The molecule has 7 heteroatoms. The number of nitrogens with one attached hydrogen (secondary N) is 2. The molecule has 0 spiro atoms. The van der Waals surface area contributed by atoms with Gasteiger partial charge in [-0.3, -0.25) is 0 Å². The van der Waals surface area contributed by atoms with Gasteiger partial charge in [-0.25, -0.2) is 18.1 Å². The van der Waals surface area contributed by atoms with Gasteiger partial charge in [0.25, 0.3) is 10.0 Å². The van der Waals surface area contributed by atoms with E-state index < -0.39 is 10.0 Å². The lowest BCUT2D eigenvalue weighted by Crippen LogP contribution is -2.37. The van der Waals surface area contributed by atoms with Crippen LogP contribution in [0.1, 0.15) is 12.8 Å². The van der Waals surface area contributed by atoms with Crippen molar-refractivity contribution in [1.29, 1.82) is 0 Å². The van der Waals surface area contributed by atoms with E-state index in [1.54, 1.807) is 11.6 Å². The van der Waals surface area contributed by atoms with Gasteiger partial charge in [0.15, 0.2) is 5.03 Å². The molecule has 0 aromatic carbocycles. The van der Waals surface area contributed by atoms with Gasteiger partial charge in [0.1, 0.15) is 0 Å². The van der Waals surface area contributed by atoms with E-state index in [9.17, 15) is 8.42 Å². The van der Waals surface area contributed by atoms with Crippen molar-refractivity contribution in [2.45, 2.75) is 23.9 Å². The van der Waals surface area contributed by atoms with Crippen molar-refractivity contribution in [1.82, 2.24) is 19.6 Å². The van der Waals surface area contributed by atoms with Crippen molar-refractivity contribution in [3.8, 4) is 0 Å². The summed E-state index contributed by atoms with van der Waals surface area (Å²) in [5.74, 6) is 0. The number of hydrogen-bond acceptors (Lipinski definition) is 4. The van der Waals surface area contributed by atoms with Gasteiger partial charge in [0.2, 0.25) is 0 Å². The first-order valence-corrected chi connectivity index (χ1v) is 6.77. The zero-order valence-corrected chi connectivity index (χ0v) is 10.00. The Morgan fingerprint density at radius 2 is 2.50 bits per heavy atom. The second kappa shape index (κ2) is 4.52. The maximum atomic E-state index is 11.8. The van der Waals surface area contributed by atoms with E-state index in [0.717, 1.165) is 19.4 Å². The van der Waals surface area contributed by atoms with Crippen LogP contribution in [0.5, 0.6) is 0 Å². The zero-order valence-electron chi connectivity index (χ0n) is 9.18. The van der Waals surface area contributed by atoms with E-state index in [2.05, 4.69) is 15.0 Å². The van der Waals surface area contributed by atoms with E-state index in [4.69, 9.17) is 0 Å². The predicted octanol–water partition coefficient (Wildman–Crippen LogP) is -0.550. The smallest absolute Gasteiger partial charge is 0.259 e. The molecular weight excluding hydrogens is 228 g/mol. The number of aromatic nitrogens is 2. The lowest BCUT2D eigenvalue weighted by Gasteiger charge is -2.10. The fraction of sp³-hybridized carbons (Fsp3) is 0.667. The minimum Gasteiger partial charge on any atom is -0.339 e. The van der Waals surface area contributed by atoms with Crippen molar-refractivity contribution in [3.05, 3.63) is 12.5 Å². The minimum absolute atomic E-state index is 0.0768. The van der Waals surface area contributed by atoms with Crippen molar-refractivity contribution >= 4 is 10.0 Å². The second-order valence-electron chi connectivity index (χ2n) is 4.02. The highest BCUT2D eigenvalue weighted by Crippen LogP contribution is 2.07. The SMILES string of the molecule is Cn1cnc(S(=O)(=O)NCC2CCCN2)c1. The van der Waals surface area contributed by atoms with E-state index in [0.29, 0.717) is 6.54 Å². The Hall–Kier alpha value is -0.920. The molecule has 0 saturated carbocycles. The summed E-state index contributed by atoms with van der Waals surface area (Å²) in [5, 5.41) is 3.31. The first-order chi connectivity index (χ1) is 7.58. The molecule has 1 aromatic heterocycles. The van der Waals surface area contributed by atoms with Gasteiger partial charge in [0, 0.05) is 25.8 Å². The van der Waals surface area contributed by atoms with Crippen LogP contribution in [-0.2, 0) is 17.1 Å². The van der Waals surface area contributed by atoms with Crippen LogP contribution < -0.4 is 10.0 Å². The number of imidazole rings is 1. The summed E-state index contributed by atoms with van der Waals surface area (Å²) < 4.78 is 27.8. The molecule has 0 amide bonds. The Morgan fingerprint density at radius 3 is 3.06 bits per heavy atom. The Kier molecular flexibility index (Phi) is 3.27. The molecule has 0 aliphatic carbocycles. The molecule has 2 rings (SSSR count). The van der Waals surface area contributed by atoms with Crippen molar-refractivity contribution in [3.63, 3.8) is 0 Å². The van der Waals surface area contributed by atoms with Gasteiger partial charge in [-0.15, -0.1) is 0 Å². The monoisotopic (exact) mass is 244 g/mol. The normalized spacial score (nSPS) is 21.4. The number of nitrogens with zero attached hydrogens (tertiary/aromatic N) is 2. The number of sulfonamides is 1. The van der Waals surface area contributed by atoms with Crippen LogP contribution in [0.15, 0.2) is 17.6 Å². The third-order valence-corrected chi connectivity index (χ3v) is 3.95. The molecule has 16 heavy (non-hydrogen) atoms. The highest BCUT2D eigenvalue weighted by atomic mass is 32.2. The number of rotatable bonds is 4. The summed E-state index contributed by atoms with van der Waals surface area (Å²) in [4.78, 5) is 3.82. The molecule has 1 fully saturated rings. The van der Waals surface area contributed by atoms with Crippen LogP contribution in [0.4, 0.5) is 0 Å².